The molecule has 3 heterocycles. The van der Waals surface area contributed by atoms with E-state index in [0.29, 0.717) is 6.54 Å². The van der Waals surface area contributed by atoms with Crippen molar-refractivity contribution in [2.45, 2.75) is 37.8 Å². The molecule has 0 radical (unpaired) electrons. The number of hydrogen-bond acceptors (Lipinski definition) is 4. The van der Waals surface area contributed by atoms with Crippen LogP contribution in [0.2, 0.25) is 0 Å². The van der Waals surface area contributed by atoms with Gasteiger partial charge in [0.2, 0.25) is 5.91 Å². The molecule has 2 saturated heterocycles. The van der Waals surface area contributed by atoms with Crippen LogP contribution in [0.25, 0.3) is 0 Å². The smallest absolute Gasteiger partial charge is 0.233 e. The minimum absolute atomic E-state index is 0.138. The Morgan fingerprint density at radius 2 is 2.09 bits per heavy atom. The predicted molar refractivity (Wildman–Crippen MR) is 85.3 cm³/mol. The molecule has 3 rings (SSSR count). The lowest BCUT2D eigenvalue weighted by Gasteiger charge is -2.44. The van der Waals surface area contributed by atoms with E-state index in [-0.39, 0.29) is 11.4 Å². The third-order valence-corrected chi connectivity index (χ3v) is 5.31. The van der Waals surface area contributed by atoms with E-state index in [1.807, 2.05) is 17.9 Å². The number of likely N-dealkylation sites (N-methyl/N-ethyl adjacent to an activating group) is 1. The standard InChI is InChI=1S/C16H27N5O/c1-17-15(22)13-21-7-3-4-16(21)5-8-20(9-6-16)12-14-10-18-19(2)11-14/h10-11H,3-9,12-13H2,1-2H3,(H,17,22). The largest absolute Gasteiger partial charge is 0.358 e. The summed E-state index contributed by atoms with van der Waals surface area (Å²) in [6.07, 6.45) is 8.86. The molecule has 1 aromatic rings. The van der Waals surface area contributed by atoms with E-state index in [2.05, 4.69) is 26.4 Å². The van der Waals surface area contributed by atoms with Gasteiger partial charge in [-0.05, 0) is 32.2 Å². The summed E-state index contributed by atoms with van der Waals surface area (Å²) in [4.78, 5) is 16.7. The molecule has 6 heteroatoms. The van der Waals surface area contributed by atoms with Crippen LogP contribution in [0.15, 0.2) is 12.4 Å². The van der Waals surface area contributed by atoms with Crippen molar-refractivity contribution in [1.29, 1.82) is 0 Å². The summed E-state index contributed by atoms with van der Waals surface area (Å²) >= 11 is 0. The molecular weight excluding hydrogens is 278 g/mol. The van der Waals surface area contributed by atoms with Gasteiger partial charge in [0.25, 0.3) is 0 Å². The minimum atomic E-state index is 0.138. The molecule has 1 aromatic heterocycles. The van der Waals surface area contributed by atoms with Gasteiger partial charge in [-0.2, -0.15) is 5.10 Å². The Hall–Kier alpha value is -1.40. The second-order valence-corrected chi connectivity index (χ2v) is 6.72. The molecule has 22 heavy (non-hydrogen) atoms. The van der Waals surface area contributed by atoms with Crippen LogP contribution in [0.5, 0.6) is 0 Å². The number of nitrogens with one attached hydrogen (secondary N) is 1. The highest BCUT2D eigenvalue weighted by Gasteiger charge is 2.43. The average molecular weight is 305 g/mol. The molecule has 1 amide bonds. The van der Waals surface area contributed by atoms with Gasteiger partial charge < -0.3 is 5.32 Å². The zero-order valence-corrected chi connectivity index (χ0v) is 13.7. The van der Waals surface area contributed by atoms with E-state index < -0.39 is 0 Å². The van der Waals surface area contributed by atoms with Crippen molar-refractivity contribution in [3.8, 4) is 0 Å². The van der Waals surface area contributed by atoms with Gasteiger partial charge in [0.05, 0.1) is 12.7 Å². The lowest BCUT2D eigenvalue weighted by atomic mass is 9.85. The number of aromatic nitrogens is 2. The quantitative estimate of drug-likeness (QED) is 0.885. The number of carbonyl (C=O) groups excluding carboxylic acids is 1. The molecule has 1 N–H and O–H groups in total. The van der Waals surface area contributed by atoms with Gasteiger partial charge >= 0.3 is 0 Å². The van der Waals surface area contributed by atoms with E-state index in [0.717, 1.165) is 26.2 Å². The highest BCUT2D eigenvalue weighted by Crippen LogP contribution is 2.38. The van der Waals surface area contributed by atoms with Gasteiger partial charge in [-0.3, -0.25) is 19.3 Å². The van der Waals surface area contributed by atoms with Crippen molar-refractivity contribution in [1.82, 2.24) is 24.9 Å². The number of nitrogens with zero attached hydrogens (tertiary/aromatic N) is 4. The lowest BCUT2D eigenvalue weighted by molar-refractivity contribution is -0.123. The molecule has 2 fully saturated rings. The van der Waals surface area contributed by atoms with Crippen LogP contribution in [0.4, 0.5) is 0 Å². The fraction of sp³-hybridized carbons (Fsp3) is 0.750. The molecule has 0 aliphatic carbocycles. The first kappa shape index (κ1) is 15.5. The Morgan fingerprint density at radius 1 is 1.32 bits per heavy atom. The molecule has 0 bridgehead atoms. The number of rotatable bonds is 4. The van der Waals surface area contributed by atoms with E-state index in [1.54, 1.807) is 7.05 Å². The number of likely N-dealkylation sites (tertiary alicyclic amines) is 2. The second kappa shape index (κ2) is 6.38. The Bertz CT molecular complexity index is 518. The minimum Gasteiger partial charge on any atom is -0.358 e. The summed E-state index contributed by atoms with van der Waals surface area (Å²) in [7, 11) is 3.69. The summed E-state index contributed by atoms with van der Waals surface area (Å²) in [6.45, 7) is 4.83. The van der Waals surface area contributed by atoms with Gasteiger partial charge in [-0.15, -0.1) is 0 Å². The topological polar surface area (TPSA) is 53.4 Å². The normalized spacial score (nSPS) is 22.3. The Balaban J connectivity index is 1.56. The van der Waals surface area contributed by atoms with Crippen LogP contribution >= 0.6 is 0 Å². The molecule has 0 atom stereocenters. The van der Waals surface area contributed by atoms with Crippen molar-refractivity contribution in [3.05, 3.63) is 18.0 Å². The predicted octanol–water partition coefficient (Wildman–Crippen LogP) is 0.597. The molecule has 0 aromatic carbocycles. The van der Waals surface area contributed by atoms with Crippen LogP contribution < -0.4 is 5.32 Å². The highest BCUT2D eigenvalue weighted by molar-refractivity contribution is 5.77. The van der Waals surface area contributed by atoms with Crippen molar-refractivity contribution in [2.75, 3.05) is 33.2 Å². The van der Waals surface area contributed by atoms with Gasteiger partial charge in [-0.1, -0.05) is 0 Å². The zero-order valence-electron chi connectivity index (χ0n) is 13.7. The maximum absolute atomic E-state index is 11.7. The van der Waals surface area contributed by atoms with E-state index in [4.69, 9.17) is 0 Å². The first-order chi connectivity index (χ1) is 10.6. The maximum Gasteiger partial charge on any atom is 0.233 e. The maximum atomic E-state index is 11.7. The monoisotopic (exact) mass is 305 g/mol. The van der Waals surface area contributed by atoms with Crippen LogP contribution in [-0.2, 0) is 18.4 Å². The van der Waals surface area contributed by atoms with Crippen LogP contribution in [0, 0.1) is 0 Å². The molecular formula is C16H27N5O. The van der Waals surface area contributed by atoms with Gasteiger partial charge in [0.15, 0.2) is 0 Å². The van der Waals surface area contributed by atoms with Gasteiger partial charge in [0.1, 0.15) is 0 Å². The summed E-state index contributed by atoms with van der Waals surface area (Å²) < 4.78 is 1.86. The first-order valence-corrected chi connectivity index (χ1v) is 8.27. The molecule has 122 valence electrons. The van der Waals surface area contributed by atoms with Crippen molar-refractivity contribution in [2.24, 2.45) is 7.05 Å². The fourth-order valence-corrected chi connectivity index (χ4v) is 4.00. The van der Waals surface area contributed by atoms with Crippen molar-refractivity contribution >= 4 is 5.91 Å². The number of hydrogen-bond donors (Lipinski definition) is 1. The molecule has 1 spiro atoms. The Kier molecular flexibility index (Phi) is 4.49. The Morgan fingerprint density at radius 3 is 2.73 bits per heavy atom. The van der Waals surface area contributed by atoms with Crippen molar-refractivity contribution < 1.29 is 4.79 Å². The molecule has 6 nitrogen and oxygen atoms in total. The second-order valence-electron chi connectivity index (χ2n) is 6.72. The summed E-state index contributed by atoms with van der Waals surface area (Å²) in [5.41, 5.74) is 1.55. The number of piperidine rings is 1. The van der Waals surface area contributed by atoms with Crippen LogP contribution in [0.1, 0.15) is 31.2 Å². The molecule has 2 aliphatic heterocycles. The van der Waals surface area contributed by atoms with Crippen LogP contribution in [0.3, 0.4) is 0 Å². The van der Waals surface area contributed by atoms with E-state index in [1.165, 1.54) is 31.2 Å². The molecule has 0 saturated carbocycles. The van der Waals surface area contributed by atoms with E-state index in [9.17, 15) is 4.79 Å². The fourth-order valence-electron chi connectivity index (χ4n) is 4.00. The average Bonchev–Trinajstić information content (AvgIpc) is 3.09. The van der Waals surface area contributed by atoms with Crippen LogP contribution in [-0.4, -0.2) is 64.3 Å². The number of aryl methyl sites for hydroxylation is 1. The molecule has 0 unspecified atom stereocenters. The van der Waals surface area contributed by atoms with Gasteiger partial charge in [-0.25, -0.2) is 0 Å². The zero-order chi connectivity index (χ0) is 15.6. The highest BCUT2D eigenvalue weighted by atomic mass is 16.1. The Labute approximate surface area is 132 Å². The third-order valence-electron chi connectivity index (χ3n) is 5.31. The number of carbonyl (C=O) groups is 1. The van der Waals surface area contributed by atoms with E-state index >= 15 is 0 Å². The SMILES string of the molecule is CNC(=O)CN1CCCC12CCN(Cc1cnn(C)c1)CC2. The summed E-state index contributed by atoms with van der Waals surface area (Å²) in [6, 6.07) is 0. The lowest BCUT2D eigenvalue weighted by Crippen LogP contribution is -2.54. The first-order valence-electron chi connectivity index (χ1n) is 8.27. The van der Waals surface area contributed by atoms with Crippen molar-refractivity contribution in [3.63, 3.8) is 0 Å². The van der Waals surface area contributed by atoms with Gasteiger partial charge in [0, 0.05) is 51.0 Å². The summed E-state index contributed by atoms with van der Waals surface area (Å²) in [5, 5.41) is 7.00. The summed E-state index contributed by atoms with van der Waals surface area (Å²) in [5.74, 6) is 0.138. The molecule has 2 aliphatic rings. The number of amides is 1. The third kappa shape index (κ3) is 3.17.